The molecular weight excluding hydrogens is 232 g/mol. The van der Waals surface area contributed by atoms with Gasteiger partial charge < -0.3 is 15.6 Å². The lowest BCUT2D eigenvalue weighted by Gasteiger charge is -2.23. The molecule has 0 saturated carbocycles. The van der Waals surface area contributed by atoms with Gasteiger partial charge in [0.1, 0.15) is 0 Å². The lowest BCUT2D eigenvalue weighted by molar-refractivity contribution is -0.324. The zero-order valence-corrected chi connectivity index (χ0v) is 7.27. The molecule has 3 nitrogen and oxygen atoms in total. The van der Waals surface area contributed by atoms with E-state index in [2.05, 4.69) is 4.74 Å². The molecule has 0 aliphatic heterocycles. The van der Waals surface area contributed by atoms with Gasteiger partial charge in [-0.15, -0.1) is 0 Å². The van der Waals surface area contributed by atoms with Crippen LogP contribution in [0.5, 0.6) is 0 Å². The Morgan fingerprint density at radius 1 is 1.07 bits per heavy atom. The third-order valence-corrected chi connectivity index (χ3v) is 1.32. The normalized spacial score (nSPS) is 15.8. The molecule has 0 spiro atoms. The van der Waals surface area contributed by atoms with Crippen LogP contribution in [-0.4, -0.2) is 42.8 Å². The van der Waals surface area contributed by atoms with E-state index in [4.69, 9.17) is 10.8 Å². The Hall–Kier alpha value is -0.540. The number of nitrogens with two attached hydrogens (primary N) is 1. The van der Waals surface area contributed by atoms with E-state index in [1.54, 1.807) is 0 Å². The molecule has 0 aromatic heterocycles. The molecule has 0 aliphatic rings. The molecule has 15 heavy (non-hydrogen) atoms. The van der Waals surface area contributed by atoms with Crippen LogP contribution in [0.2, 0.25) is 0 Å². The monoisotopic (exact) mass is 241 g/mol. The molecule has 0 rings (SSSR count). The zero-order valence-electron chi connectivity index (χ0n) is 7.27. The number of ether oxygens (including phenoxy) is 1. The highest BCUT2D eigenvalue weighted by molar-refractivity contribution is 4.76. The van der Waals surface area contributed by atoms with Gasteiger partial charge in [-0.3, -0.25) is 0 Å². The predicted molar refractivity (Wildman–Crippen MR) is 36.9 cm³/mol. The Morgan fingerprint density at radius 2 is 1.47 bits per heavy atom. The van der Waals surface area contributed by atoms with E-state index in [0.29, 0.717) is 0 Å². The summed E-state index contributed by atoms with van der Waals surface area (Å²) >= 11 is 0. The van der Waals surface area contributed by atoms with Crippen molar-refractivity contribution in [1.29, 1.82) is 0 Å². The lowest BCUT2D eigenvalue weighted by atomic mass is 10.3. The van der Waals surface area contributed by atoms with Crippen molar-refractivity contribution in [2.24, 2.45) is 5.73 Å². The highest BCUT2D eigenvalue weighted by atomic mass is 19.4. The van der Waals surface area contributed by atoms with Crippen molar-refractivity contribution in [3.63, 3.8) is 0 Å². The number of hydrogen-bond acceptors (Lipinski definition) is 3. The van der Waals surface area contributed by atoms with Crippen LogP contribution in [-0.2, 0) is 4.74 Å². The third-order valence-electron chi connectivity index (χ3n) is 1.32. The summed E-state index contributed by atoms with van der Waals surface area (Å²) in [6.07, 6.45) is -16.6. The van der Waals surface area contributed by atoms with Gasteiger partial charge >= 0.3 is 12.4 Å². The standard InChI is InChI=1S/C6H9F6NO2/c7-5(8,9)4(6(10,11)12)15-2-3(14)1-13/h3-4,14H,1-2,13H2. The largest absolute Gasteiger partial charge is 0.423 e. The first-order valence-electron chi connectivity index (χ1n) is 3.72. The maximum atomic E-state index is 11.8. The summed E-state index contributed by atoms with van der Waals surface area (Å²) in [5.74, 6) is 0. The van der Waals surface area contributed by atoms with Crippen molar-refractivity contribution in [2.75, 3.05) is 13.2 Å². The van der Waals surface area contributed by atoms with E-state index in [0.717, 1.165) is 0 Å². The molecule has 0 bridgehead atoms. The van der Waals surface area contributed by atoms with Crippen molar-refractivity contribution in [1.82, 2.24) is 0 Å². The van der Waals surface area contributed by atoms with Crippen LogP contribution in [0.25, 0.3) is 0 Å². The Bertz CT molecular complexity index is 177. The van der Waals surface area contributed by atoms with Crippen LogP contribution >= 0.6 is 0 Å². The Kier molecular flexibility index (Phi) is 4.81. The second-order valence-corrected chi connectivity index (χ2v) is 2.69. The zero-order chi connectivity index (χ0) is 12.3. The predicted octanol–water partition coefficient (Wildman–Crippen LogP) is 0.816. The van der Waals surface area contributed by atoms with E-state index in [-0.39, 0.29) is 0 Å². The number of aliphatic hydroxyl groups is 1. The second-order valence-electron chi connectivity index (χ2n) is 2.69. The molecule has 0 radical (unpaired) electrons. The summed E-state index contributed by atoms with van der Waals surface area (Å²) in [5.41, 5.74) is 4.78. The molecule has 0 aliphatic carbocycles. The fraction of sp³-hybridized carbons (Fsp3) is 1.00. The van der Waals surface area contributed by atoms with Crippen molar-refractivity contribution in [2.45, 2.75) is 24.6 Å². The number of aliphatic hydroxyl groups excluding tert-OH is 1. The van der Waals surface area contributed by atoms with Crippen molar-refractivity contribution < 1.29 is 36.2 Å². The van der Waals surface area contributed by atoms with Crippen molar-refractivity contribution in [3.05, 3.63) is 0 Å². The van der Waals surface area contributed by atoms with Gasteiger partial charge in [0.25, 0.3) is 0 Å². The molecule has 9 heteroatoms. The Balaban J connectivity index is 4.42. The first kappa shape index (κ1) is 14.5. The average Bonchev–Trinajstić information content (AvgIpc) is 1.99. The molecule has 0 aromatic carbocycles. The number of hydrogen-bond donors (Lipinski definition) is 2. The summed E-state index contributed by atoms with van der Waals surface area (Å²) in [4.78, 5) is 0. The second kappa shape index (κ2) is 4.99. The van der Waals surface area contributed by atoms with Crippen molar-refractivity contribution in [3.8, 4) is 0 Å². The van der Waals surface area contributed by atoms with Gasteiger partial charge in [0, 0.05) is 6.54 Å². The van der Waals surface area contributed by atoms with Crippen LogP contribution < -0.4 is 5.73 Å². The van der Waals surface area contributed by atoms with E-state index < -0.39 is 37.7 Å². The summed E-state index contributed by atoms with van der Waals surface area (Å²) in [7, 11) is 0. The average molecular weight is 241 g/mol. The van der Waals surface area contributed by atoms with Gasteiger partial charge in [-0.05, 0) is 0 Å². The smallest absolute Gasteiger partial charge is 0.389 e. The van der Waals surface area contributed by atoms with Crippen LogP contribution in [0.1, 0.15) is 0 Å². The minimum absolute atomic E-state index is 0.484. The van der Waals surface area contributed by atoms with E-state index in [1.807, 2.05) is 0 Å². The van der Waals surface area contributed by atoms with E-state index >= 15 is 0 Å². The highest BCUT2D eigenvalue weighted by Gasteiger charge is 2.58. The molecular formula is C6H9F6NO2. The minimum atomic E-state index is -5.56. The molecule has 1 atom stereocenters. The Morgan fingerprint density at radius 3 is 1.73 bits per heavy atom. The van der Waals surface area contributed by atoms with Crippen LogP contribution in [0.3, 0.4) is 0 Å². The molecule has 0 amide bonds. The van der Waals surface area contributed by atoms with Gasteiger partial charge in [0.2, 0.25) is 6.10 Å². The summed E-state index contributed by atoms with van der Waals surface area (Å²) in [6.45, 7) is -1.61. The molecule has 1 unspecified atom stereocenters. The molecule has 0 saturated heterocycles. The minimum Gasteiger partial charge on any atom is -0.389 e. The van der Waals surface area contributed by atoms with Crippen LogP contribution in [0.15, 0.2) is 0 Å². The van der Waals surface area contributed by atoms with E-state index in [1.165, 1.54) is 0 Å². The molecule has 92 valence electrons. The maximum Gasteiger partial charge on any atom is 0.423 e. The quantitative estimate of drug-likeness (QED) is 0.716. The summed E-state index contributed by atoms with van der Waals surface area (Å²) in [5, 5.41) is 8.65. The lowest BCUT2D eigenvalue weighted by Crippen LogP contribution is -2.46. The first-order chi connectivity index (χ1) is 6.59. The van der Waals surface area contributed by atoms with Gasteiger partial charge in [-0.1, -0.05) is 0 Å². The topological polar surface area (TPSA) is 55.5 Å². The van der Waals surface area contributed by atoms with Gasteiger partial charge in [-0.2, -0.15) is 26.3 Å². The number of alkyl halides is 6. The van der Waals surface area contributed by atoms with E-state index in [9.17, 15) is 26.3 Å². The summed E-state index contributed by atoms with van der Waals surface area (Å²) in [6, 6.07) is 0. The number of rotatable bonds is 4. The SMILES string of the molecule is NCC(O)COC(C(F)(F)F)C(F)(F)F. The fourth-order valence-electron chi connectivity index (χ4n) is 0.650. The molecule has 0 aromatic rings. The van der Waals surface area contributed by atoms with Gasteiger partial charge in [-0.25, -0.2) is 0 Å². The molecule has 0 fully saturated rings. The molecule has 0 heterocycles. The Labute approximate surface area is 80.8 Å². The third kappa shape index (κ3) is 5.19. The first-order valence-corrected chi connectivity index (χ1v) is 3.72. The van der Waals surface area contributed by atoms with Crippen molar-refractivity contribution >= 4 is 0 Å². The van der Waals surface area contributed by atoms with Crippen LogP contribution in [0, 0.1) is 0 Å². The maximum absolute atomic E-state index is 11.8. The van der Waals surface area contributed by atoms with Gasteiger partial charge in [0.15, 0.2) is 0 Å². The highest BCUT2D eigenvalue weighted by Crippen LogP contribution is 2.35. The fourth-order valence-corrected chi connectivity index (χ4v) is 0.650. The molecule has 3 N–H and O–H groups in total. The van der Waals surface area contributed by atoms with Gasteiger partial charge in [0.05, 0.1) is 12.7 Å². The van der Waals surface area contributed by atoms with Crippen LogP contribution in [0.4, 0.5) is 26.3 Å². The number of halogens is 6. The summed E-state index contributed by atoms with van der Waals surface area (Å²) < 4.78 is 74.4.